The zero-order valence-electron chi connectivity index (χ0n) is 8.48. The lowest BCUT2D eigenvalue weighted by Crippen LogP contribution is -2.49. The highest BCUT2D eigenvalue weighted by atomic mass is 35.5. The molecule has 0 unspecified atom stereocenters. The van der Waals surface area contributed by atoms with Gasteiger partial charge >= 0.3 is 0 Å². The van der Waals surface area contributed by atoms with E-state index in [4.69, 9.17) is 11.6 Å². The zero-order valence-corrected chi connectivity index (χ0v) is 9.24. The maximum atomic E-state index is 11.7. The highest BCUT2D eigenvalue weighted by Gasteiger charge is 2.23. The molecule has 80 valence electrons. The van der Waals surface area contributed by atoms with Gasteiger partial charge in [-0.05, 0) is 19.2 Å². The van der Waals surface area contributed by atoms with Crippen LogP contribution in [-0.4, -0.2) is 42.5 Å². The van der Waals surface area contributed by atoms with Crippen molar-refractivity contribution in [3.63, 3.8) is 0 Å². The molecule has 5 heteroatoms. The molecule has 0 spiro atoms. The van der Waals surface area contributed by atoms with E-state index in [1.165, 1.54) is 0 Å². The molecular weight excluding hydrogens is 214 g/mol. The molecule has 2 heterocycles. The largest absolute Gasteiger partial charge is 0.296 e. The van der Waals surface area contributed by atoms with Gasteiger partial charge in [-0.3, -0.25) is 14.6 Å². The number of pyridine rings is 1. The summed E-state index contributed by atoms with van der Waals surface area (Å²) in [6.07, 6.45) is 0. The SMILES string of the molecule is CN1CCN(c2cccc(Cl)n2)C(=O)C1. The fourth-order valence-corrected chi connectivity index (χ4v) is 1.74. The molecule has 0 bridgehead atoms. The lowest BCUT2D eigenvalue weighted by molar-refractivity contribution is -0.120. The van der Waals surface area contributed by atoms with Crippen molar-refractivity contribution in [3.8, 4) is 0 Å². The summed E-state index contributed by atoms with van der Waals surface area (Å²) in [6.45, 7) is 1.97. The van der Waals surface area contributed by atoms with Gasteiger partial charge in [0.25, 0.3) is 0 Å². The minimum atomic E-state index is 0.0681. The van der Waals surface area contributed by atoms with Gasteiger partial charge < -0.3 is 0 Å². The third-order valence-electron chi connectivity index (χ3n) is 2.39. The van der Waals surface area contributed by atoms with E-state index in [0.717, 1.165) is 6.54 Å². The van der Waals surface area contributed by atoms with E-state index in [1.807, 2.05) is 11.9 Å². The molecule has 2 rings (SSSR count). The fraction of sp³-hybridized carbons (Fsp3) is 0.400. The summed E-state index contributed by atoms with van der Waals surface area (Å²) >= 11 is 5.78. The molecule has 1 aromatic rings. The van der Waals surface area contributed by atoms with Gasteiger partial charge in [0.2, 0.25) is 5.91 Å². The average molecular weight is 226 g/mol. The molecule has 1 amide bonds. The second-order valence-corrected chi connectivity index (χ2v) is 3.99. The van der Waals surface area contributed by atoms with Crippen molar-refractivity contribution in [1.82, 2.24) is 9.88 Å². The molecule has 4 nitrogen and oxygen atoms in total. The Morgan fingerprint density at radius 3 is 2.87 bits per heavy atom. The summed E-state index contributed by atoms with van der Waals surface area (Å²) in [5.74, 6) is 0.708. The van der Waals surface area contributed by atoms with Crippen LogP contribution in [0.3, 0.4) is 0 Å². The van der Waals surface area contributed by atoms with E-state index in [1.54, 1.807) is 23.1 Å². The van der Waals surface area contributed by atoms with Crippen LogP contribution in [0.5, 0.6) is 0 Å². The Kier molecular flexibility index (Phi) is 2.88. The number of carbonyl (C=O) groups excluding carboxylic acids is 1. The number of hydrogen-bond donors (Lipinski definition) is 0. The smallest absolute Gasteiger partial charge is 0.242 e. The van der Waals surface area contributed by atoms with E-state index in [9.17, 15) is 4.79 Å². The van der Waals surface area contributed by atoms with Gasteiger partial charge in [0.15, 0.2) is 0 Å². The van der Waals surface area contributed by atoms with Gasteiger partial charge in [0.05, 0.1) is 6.54 Å². The van der Waals surface area contributed by atoms with Crippen molar-refractivity contribution in [2.24, 2.45) is 0 Å². The second-order valence-electron chi connectivity index (χ2n) is 3.60. The third-order valence-corrected chi connectivity index (χ3v) is 2.60. The Morgan fingerprint density at radius 2 is 2.20 bits per heavy atom. The van der Waals surface area contributed by atoms with Gasteiger partial charge in [0.1, 0.15) is 11.0 Å². The molecule has 0 N–H and O–H groups in total. The maximum Gasteiger partial charge on any atom is 0.242 e. The second kappa shape index (κ2) is 4.16. The van der Waals surface area contributed by atoms with Crippen LogP contribution < -0.4 is 4.90 Å². The third kappa shape index (κ3) is 2.27. The Balaban J connectivity index is 2.20. The predicted molar refractivity (Wildman–Crippen MR) is 59.1 cm³/mol. The van der Waals surface area contributed by atoms with Crippen LogP contribution in [0.1, 0.15) is 0 Å². The molecule has 1 aliphatic rings. The first-order chi connectivity index (χ1) is 7.16. The molecule has 1 fully saturated rings. The summed E-state index contributed by atoms with van der Waals surface area (Å²) < 4.78 is 0. The van der Waals surface area contributed by atoms with Crippen LogP contribution in [-0.2, 0) is 4.79 Å². The molecule has 1 aliphatic heterocycles. The van der Waals surface area contributed by atoms with E-state index < -0.39 is 0 Å². The number of amides is 1. The lowest BCUT2D eigenvalue weighted by Gasteiger charge is -2.31. The highest BCUT2D eigenvalue weighted by molar-refractivity contribution is 6.29. The highest BCUT2D eigenvalue weighted by Crippen LogP contribution is 2.16. The summed E-state index contributed by atoms with van der Waals surface area (Å²) in [6, 6.07) is 5.30. The maximum absolute atomic E-state index is 11.7. The van der Waals surface area contributed by atoms with Crippen LogP contribution >= 0.6 is 11.6 Å². The van der Waals surface area contributed by atoms with Crippen LogP contribution in [0.15, 0.2) is 18.2 Å². The average Bonchev–Trinajstić information content (AvgIpc) is 2.17. The quantitative estimate of drug-likeness (QED) is 0.670. The molecule has 0 atom stereocenters. The summed E-state index contributed by atoms with van der Waals surface area (Å²) in [5.41, 5.74) is 0. The molecule has 0 radical (unpaired) electrons. The first-order valence-electron chi connectivity index (χ1n) is 4.78. The number of nitrogens with zero attached hydrogens (tertiary/aromatic N) is 3. The minimum Gasteiger partial charge on any atom is -0.296 e. The number of halogens is 1. The molecule has 0 aromatic carbocycles. The van der Waals surface area contributed by atoms with Gasteiger partial charge in [-0.2, -0.15) is 0 Å². The van der Waals surface area contributed by atoms with E-state index >= 15 is 0 Å². The number of hydrogen-bond acceptors (Lipinski definition) is 3. The number of likely N-dealkylation sites (N-methyl/N-ethyl adjacent to an activating group) is 1. The van der Waals surface area contributed by atoms with Crippen LogP contribution in [0.4, 0.5) is 5.82 Å². The first kappa shape index (κ1) is 10.4. The van der Waals surface area contributed by atoms with E-state index in [2.05, 4.69) is 4.98 Å². The predicted octanol–water partition coefficient (Wildman–Crippen LogP) is 1.01. The minimum absolute atomic E-state index is 0.0681. The molecule has 0 saturated carbocycles. The Morgan fingerprint density at radius 1 is 1.40 bits per heavy atom. The number of anilines is 1. The number of carbonyl (C=O) groups is 1. The van der Waals surface area contributed by atoms with Crippen LogP contribution in [0, 0.1) is 0 Å². The Labute approximate surface area is 93.5 Å². The molecular formula is C10H12ClN3O. The van der Waals surface area contributed by atoms with Crippen LogP contribution in [0.2, 0.25) is 5.15 Å². The van der Waals surface area contributed by atoms with Gasteiger partial charge in [-0.25, -0.2) is 4.98 Å². The van der Waals surface area contributed by atoms with Crippen molar-refractivity contribution >= 4 is 23.3 Å². The zero-order chi connectivity index (χ0) is 10.8. The van der Waals surface area contributed by atoms with Crippen molar-refractivity contribution in [2.45, 2.75) is 0 Å². The van der Waals surface area contributed by atoms with E-state index in [-0.39, 0.29) is 5.91 Å². The molecule has 1 saturated heterocycles. The number of piperazine rings is 1. The normalized spacial score (nSPS) is 18.3. The molecule has 0 aliphatic carbocycles. The summed E-state index contributed by atoms with van der Waals surface area (Å²) in [7, 11) is 1.93. The fourth-order valence-electron chi connectivity index (χ4n) is 1.58. The van der Waals surface area contributed by atoms with Crippen molar-refractivity contribution in [3.05, 3.63) is 23.4 Å². The van der Waals surface area contributed by atoms with Crippen molar-refractivity contribution in [2.75, 3.05) is 31.6 Å². The standard InChI is InChI=1S/C10H12ClN3O/c1-13-5-6-14(10(15)7-13)9-4-2-3-8(11)12-9/h2-4H,5-7H2,1H3. The Bertz CT molecular complexity index is 383. The van der Waals surface area contributed by atoms with Crippen LogP contribution in [0.25, 0.3) is 0 Å². The monoisotopic (exact) mass is 225 g/mol. The van der Waals surface area contributed by atoms with Gasteiger partial charge in [-0.1, -0.05) is 17.7 Å². The van der Waals surface area contributed by atoms with Gasteiger partial charge in [-0.15, -0.1) is 0 Å². The molecule has 15 heavy (non-hydrogen) atoms. The number of rotatable bonds is 1. The topological polar surface area (TPSA) is 36.4 Å². The van der Waals surface area contributed by atoms with Crippen molar-refractivity contribution < 1.29 is 4.79 Å². The summed E-state index contributed by atoms with van der Waals surface area (Å²) in [5, 5.41) is 0.416. The Hall–Kier alpha value is -1.13. The van der Waals surface area contributed by atoms with E-state index in [0.29, 0.717) is 24.1 Å². The summed E-state index contributed by atoms with van der Waals surface area (Å²) in [4.78, 5) is 19.5. The number of aromatic nitrogens is 1. The first-order valence-corrected chi connectivity index (χ1v) is 5.16. The van der Waals surface area contributed by atoms with Gasteiger partial charge in [0, 0.05) is 13.1 Å². The molecule has 1 aromatic heterocycles. The lowest BCUT2D eigenvalue weighted by atomic mass is 10.3. The van der Waals surface area contributed by atoms with Crippen molar-refractivity contribution in [1.29, 1.82) is 0 Å².